The lowest BCUT2D eigenvalue weighted by Gasteiger charge is -2.09. The summed E-state index contributed by atoms with van der Waals surface area (Å²) in [5.41, 5.74) is 5.47. The topological polar surface area (TPSA) is 122 Å². The van der Waals surface area contributed by atoms with E-state index in [2.05, 4.69) is 9.71 Å². The normalized spacial score (nSPS) is 11.3. The van der Waals surface area contributed by atoms with Crippen molar-refractivity contribution in [2.24, 2.45) is 5.73 Å². The SMILES string of the molecule is Cc1[nH]c(=O)sc1S(=O)(=O)Nc1cc(C(N)=O)ccc1Cl. The maximum Gasteiger partial charge on any atom is 0.306 e. The number of aromatic amines is 1. The second-order valence-corrected chi connectivity index (χ2v) is 7.36. The van der Waals surface area contributed by atoms with Crippen LogP contribution in [0.15, 0.2) is 27.2 Å². The number of aromatic nitrogens is 1. The molecule has 1 aromatic carbocycles. The summed E-state index contributed by atoms with van der Waals surface area (Å²) in [6.07, 6.45) is 0. The molecule has 10 heteroatoms. The third-order valence-corrected chi connectivity index (χ3v) is 5.82. The van der Waals surface area contributed by atoms with Crippen molar-refractivity contribution in [2.45, 2.75) is 11.1 Å². The fraction of sp³-hybridized carbons (Fsp3) is 0.0909. The lowest BCUT2D eigenvalue weighted by Crippen LogP contribution is -2.15. The van der Waals surface area contributed by atoms with Crippen LogP contribution in [-0.4, -0.2) is 19.3 Å². The zero-order chi connectivity index (χ0) is 15.8. The molecule has 1 heterocycles. The zero-order valence-corrected chi connectivity index (χ0v) is 13.0. The predicted molar refractivity (Wildman–Crippen MR) is 80.5 cm³/mol. The average molecular weight is 348 g/mol. The van der Waals surface area contributed by atoms with E-state index in [4.69, 9.17) is 17.3 Å². The predicted octanol–water partition coefficient (Wildman–Crippen LogP) is 1.30. The maximum atomic E-state index is 12.2. The highest BCUT2D eigenvalue weighted by Crippen LogP contribution is 2.27. The molecule has 0 atom stereocenters. The van der Waals surface area contributed by atoms with Crippen molar-refractivity contribution < 1.29 is 13.2 Å². The van der Waals surface area contributed by atoms with E-state index in [0.717, 1.165) is 0 Å². The molecular weight excluding hydrogens is 338 g/mol. The largest absolute Gasteiger partial charge is 0.366 e. The summed E-state index contributed by atoms with van der Waals surface area (Å²) in [6.45, 7) is 1.47. The molecule has 2 aromatic rings. The number of primary amides is 1. The number of hydrogen-bond donors (Lipinski definition) is 3. The minimum absolute atomic E-state index is 0.00761. The quantitative estimate of drug-likeness (QED) is 0.771. The summed E-state index contributed by atoms with van der Waals surface area (Å²) in [5, 5.41) is 0.101. The molecule has 112 valence electrons. The molecule has 4 N–H and O–H groups in total. The van der Waals surface area contributed by atoms with Gasteiger partial charge >= 0.3 is 4.87 Å². The first-order valence-electron chi connectivity index (χ1n) is 5.52. The smallest absolute Gasteiger partial charge is 0.306 e. The van der Waals surface area contributed by atoms with Gasteiger partial charge in [0.15, 0.2) is 4.21 Å². The van der Waals surface area contributed by atoms with Gasteiger partial charge in [-0.15, -0.1) is 0 Å². The standard InChI is InChI=1S/C11H10ClN3O4S2/c1-5-10(20-11(17)14-5)21(18,19)15-8-4-6(9(13)16)2-3-7(8)12/h2-4,15H,1H3,(H2,13,16)(H,14,17). The number of hydrogen-bond acceptors (Lipinski definition) is 5. The van der Waals surface area contributed by atoms with Crippen LogP contribution in [0.1, 0.15) is 16.1 Å². The van der Waals surface area contributed by atoms with E-state index in [1.54, 1.807) is 0 Å². The Kier molecular flexibility index (Phi) is 4.08. The van der Waals surface area contributed by atoms with Crippen LogP contribution in [0.25, 0.3) is 0 Å². The van der Waals surface area contributed by atoms with Crippen molar-refractivity contribution in [3.05, 3.63) is 44.1 Å². The molecule has 0 aliphatic rings. The number of aryl methyl sites for hydroxylation is 1. The highest BCUT2D eigenvalue weighted by molar-refractivity contribution is 7.94. The van der Waals surface area contributed by atoms with E-state index in [1.807, 2.05) is 0 Å². The van der Waals surface area contributed by atoms with E-state index in [9.17, 15) is 18.0 Å². The molecule has 1 amide bonds. The van der Waals surface area contributed by atoms with Crippen molar-refractivity contribution >= 4 is 44.6 Å². The van der Waals surface area contributed by atoms with Crippen LogP contribution in [0.3, 0.4) is 0 Å². The van der Waals surface area contributed by atoms with E-state index < -0.39 is 20.8 Å². The van der Waals surface area contributed by atoms with Gasteiger partial charge in [0.25, 0.3) is 10.0 Å². The number of nitrogens with one attached hydrogen (secondary N) is 2. The summed E-state index contributed by atoms with van der Waals surface area (Å²) in [6, 6.07) is 3.96. The number of rotatable bonds is 4. The van der Waals surface area contributed by atoms with Gasteiger partial charge < -0.3 is 10.7 Å². The van der Waals surface area contributed by atoms with Crippen molar-refractivity contribution in [3.8, 4) is 0 Å². The highest BCUT2D eigenvalue weighted by Gasteiger charge is 2.22. The Labute approximate surface area is 128 Å². The zero-order valence-electron chi connectivity index (χ0n) is 10.6. The number of thiazole rings is 1. The molecule has 1 aromatic heterocycles. The van der Waals surface area contributed by atoms with Crippen LogP contribution in [0.4, 0.5) is 5.69 Å². The van der Waals surface area contributed by atoms with Gasteiger partial charge in [-0.3, -0.25) is 14.3 Å². The van der Waals surface area contributed by atoms with Gasteiger partial charge in [-0.1, -0.05) is 22.9 Å². The number of anilines is 1. The molecule has 0 saturated heterocycles. The summed E-state index contributed by atoms with van der Waals surface area (Å²) in [4.78, 5) is 24.2. The van der Waals surface area contributed by atoms with Crippen LogP contribution in [-0.2, 0) is 10.0 Å². The first kappa shape index (κ1) is 15.5. The average Bonchev–Trinajstić information content (AvgIpc) is 2.71. The lowest BCUT2D eigenvalue weighted by molar-refractivity contribution is 0.100. The van der Waals surface area contributed by atoms with E-state index in [1.165, 1.54) is 25.1 Å². The number of H-pyrrole nitrogens is 1. The van der Waals surface area contributed by atoms with Crippen LogP contribution in [0.5, 0.6) is 0 Å². The van der Waals surface area contributed by atoms with E-state index >= 15 is 0 Å². The Morgan fingerprint density at radius 2 is 2.10 bits per heavy atom. The monoisotopic (exact) mass is 347 g/mol. The number of sulfonamides is 1. The molecule has 0 saturated carbocycles. The first-order chi connectivity index (χ1) is 9.70. The van der Waals surface area contributed by atoms with Crippen molar-refractivity contribution in [1.29, 1.82) is 0 Å². The van der Waals surface area contributed by atoms with E-state index in [-0.39, 0.29) is 26.2 Å². The number of carbonyl (C=O) groups excluding carboxylic acids is 1. The summed E-state index contributed by atoms with van der Waals surface area (Å²) in [5.74, 6) is -0.713. The number of benzene rings is 1. The lowest BCUT2D eigenvalue weighted by atomic mass is 10.2. The number of nitrogens with two attached hydrogens (primary N) is 1. The van der Waals surface area contributed by atoms with Crippen LogP contribution < -0.4 is 15.3 Å². The van der Waals surface area contributed by atoms with Gasteiger partial charge in [-0.25, -0.2) is 8.42 Å². The second-order valence-electron chi connectivity index (χ2n) is 4.09. The number of carbonyl (C=O) groups is 1. The molecular formula is C11H10ClN3O4S2. The number of amides is 1. The van der Waals surface area contributed by atoms with Gasteiger partial charge in [-0.05, 0) is 25.1 Å². The summed E-state index contributed by atoms with van der Waals surface area (Å²) in [7, 11) is -3.99. The Balaban J connectivity index is 2.46. The molecule has 0 bridgehead atoms. The van der Waals surface area contributed by atoms with Crippen molar-refractivity contribution in [2.75, 3.05) is 4.72 Å². The van der Waals surface area contributed by atoms with Crippen molar-refractivity contribution in [3.63, 3.8) is 0 Å². The second kappa shape index (κ2) is 5.51. The fourth-order valence-corrected chi connectivity index (χ4v) is 4.19. The van der Waals surface area contributed by atoms with E-state index in [0.29, 0.717) is 11.3 Å². The Hall–Kier alpha value is -1.84. The molecule has 2 rings (SSSR count). The third kappa shape index (κ3) is 3.26. The summed E-state index contributed by atoms with van der Waals surface area (Å²) >= 11 is 6.45. The van der Waals surface area contributed by atoms with Gasteiger partial charge in [-0.2, -0.15) is 0 Å². The van der Waals surface area contributed by atoms with Crippen LogP contribution in [0.2, 0.25) is 5.02 Å². The molecule has 0 spiro atoms. The minimum atomic E-state index is -3.99. The minimum Gasteiger partial charge on any atom is -0.366 e. The molecule has 0 radical (unpaired) electrons. The molecule has 0 aliphatic heterocycles. The van der Waals surface area contributed by atoms with Crippen LogP contribution in [0, 0.1) is 6.92 Å². The highest BCUT2D eigenvalue weighted by atomic mass is 35.5. The van der Waals surface area contributed by atoms with Gasteiger partial charge in [0.2, 0.25) is 5.91 Å². The summed E-state index contributed by atoms with van der Waals surface area (Å²) < 4.78 is 26.6. The number of halogens is 1. The molecule has 0 aliphatic carbocycles. The first-order valence-corrected chi connectivity index (χ1v) is 8.20. The molecule has 0 unspecified atom stereocenters. The third-order valence-electron chi connectivity index (χ3n) is 2.52. The fourth-order valence-electron chi connectivity index (χ4n) is 1.59. The molecule has 7 nitrogen and oxygen atoms in total. The van der Waals surface area contributed by atoms with Crippen molar-refractivity contribution in [1.82, 2.24) is 4.98 Å². The Bertz CT molecular complexity index is 870. The molecule has 0 fully saturated rings. The van der Waals surface area contributed by atoms with Gasteiger partial charge in [0.1, 0.15) is 0 Å². The van der Waals surface area contributed by atoms with Gasteiger partial charge in [0.05, 0.1) is 10.7 Å². The maximum absolute atomic E-state index is 12.2. The van der Waals surface area contributed by atoms with Crippen LogP contribution >= 0.6 is 22.9 Å². The molecule has 21 heavy (non-hydrogen) atoms. The van der Waals surface area contributed by atoms with Gasteiger partial charge in [0, 0.05) is 11.3 Å². The Morgan fingerprint density at radius 1 is 1.43 bits per heavy atom. The Morgan fingerprint density at radius 3 is 2.62 bits per heavy atom.